The first-order chi connectivity index (χ1) is 32.6. The van der Waals surface area contributed by atoms with Crippen LogP contribution in [0.25, 0.3) is 59.0 Å². The van der Waals surface area contributed by atoms with E-state index in [0.29, 0.717) is 0 Å². The molecule has 342 valence electrons. The second kappa shape index (κ2) is 13.0. The lowest BCUT2D eigenvalue weighted by Crippen LogP contribution is -2.60. The first-order valence-electron chi connectivity index (χ1n) is 25.5. The molecule has 0 N–H and O–H groups in total. The highest BCUT2D eigenvalue weighted by Crippen LogP contribution is 2.59. The quantitative estimate of drug-likeness (QED) is 0.160. The fourth-order valence-electron chi connectivity index (χ4n) is 13.4. The molecule has 4 aromatic heterocycles. The normalized spacial score (nSPS) is 16.8. The van der Waals surface area contributed by atoms with Crippen molar-refractivity contribution < 1.29 is 0 Å². The van der Waals surface area contributed by atoms with Crippen LogP contribution in [0.5, 0.6) is 0 Å². The summed E-state index contributed by atoms with van der Waals surface area (Å²) < 4.78 is 5.48. The van der Waals surface area contributed by atoms with Crippen LogP contribution in [0.15, 0.2) is 115 Å². The summed E-state index contributed by atoms with van der Waals surface area (Å²) in [6.45, 7) is 31.1. The molecule has 0 amide bonds. The summed E-state index contributed by atoms with van der Waals surface area (Å²) >= 11 is 2.04. The van der Waals surface area contributed by atoms with E-state index in [4.69, 9.17) is 0 Å². The van der Waals surface area contributed by atoms with E-state index in [9.17, 15) is 0 Å². The number of anilines is 6. The van der Waals surface area contributed by atoms with Crippen molar-refractivity contribution in [1.82, 2.24) is 4.40 Å². The largest absolute Gasteiger partial charge is 0.311 e. The number of rotatable bonds is 2. The van der Waals surface area contributed by atoms with Gasteiger partial charge in [-0.25, -0.2) is 0 Å². The van der Waals surface area contributed by atoms with Crippen LogP contribution in [0.3, 0.4) is 0 Å². The van der Waals surface area contributed by atoms with Gasteiger partial charge in [0, 0.05) is 64.2 Å². The van der Waals surface area contributed by atoms with Crippen LogP contribution in [-0.2, 0) is 27.1 Å². The van der Waals surface area contributed by atoms with Gasteiger partial charge in [-0.2, -0.15) is 0 Å². The Labute approximate surface area is 411 Å². The van der Waals surface area contributed by atoms with Crippen molar-refractivity contribution in [1.29, 1.82) is 0 Å². The Morgan fingerprint density at radius 3 is 1.64 bits per heavy atom. The van der Waals surface area contributed by atoms with Crippen molar-refractivity contribution in [3.63, 3.8) is 0 Å². The molecule has 11 aromatic rings. The van der Waals surface area contributed by atoms with E-state index < -0.39 is 0 Å². The molecule has 0 saturated heterocycles. The van der Waals surface area contributed by atoms with Crippen LogP contribution in [0.1, 0.15) is 131 Å². The van der Waals surface area contributed by atoms with Crippen molar-refractivity contribution >= 4 is 127 Å². The molecule has 1 aliphatic carbocycles. The lowest BCUT2D eigenvalue weighted by Gasteiger charge is -2.45. The van der Waals surface area contributed by atoms with E-state index >= 15 is 0 Å². The van der Waals surface area contributed by atoms with Gasteiger partial charge in [0.05, 0.1) is 33.6 Å². The van der Waals surface area contributed by atoms with Gasteiger partial charge < -0.3 is 14.2 Å². The predicted molar refractivity (Wildman–Crippen MR) is 302 cm³/mol. The molecule has 69 heavy (non-hydrogen) atoms. The molecule has 0 spiro atoms. The summed E-state index contributed by atoms with van der Waals surface area (Å²) in [6.07, 6.45) is 2.36. The van der Waals surface area contributed by atoms with E-state index in [1.807, 2.05) is 11.3 Å². The highest BCUT2D eigenvalue weighted by Gasteiger charge is 2.49. The number of hydrogen-bond donors (Lipinski definition) is 0. The summed E-state index contributed by atoms with van der Waals surface area (Å²) in [5.74, 6) is 0. The van der Waals surface area contributed by atoms with Gasteiger partial charge in [-0.15, -0.1) is 11.3 Å². The Bertz CT molecular complexity index is 3970. The average molecular weight is 916 g/mol. The predicted octanol–water partition coefficient (Wildman–Crippen LogP) is 16.4. The van der Waals surface area contributed by atoms with Crippen LogP contribution >= 0.6 is 11.3 Å². The Balaban J connectivity index is 1.22. The zero-order valence-corrected chi connectivity index (χ0v) is 43.5. The maximum Gasteiger partial charge on any atom is 0.264 e. The average Bonchev–Trinajstić information content (AvgIpc) is 4.05. The summed E-state index contributed by atoms with van der Waals surface area (Å²) in [5.41, 5.74) is 21.9. The summed E-state index contributed by atoms with van der Waals surface area (Å²) in [5, 5.41) is 9.46. The number of aromatic nitrogens is 1. The monoisotopic (exact) mass is 915 g/mol. The van der Waals surface area contributed by atoms with Gasteiger partial charge in [0.1, 0.15) is 0 Å². The Hall–Kier alpha value is -6.04. The van der Waals surface area contributed by atoms with E-state index in [1.165, 1.54) is 149 Å². The van der Waals surface area contributed by atoms with E-state index in [1.54, 1.807) is 0 Å². The molecule has 0 fully saturated rings. The Morgan fingerprint density at radius 1 is 0.478 bits per heavy atom. The van der Waals surface area contributed by atoms with Gasteiger partial charge in [-0.05, 0) is 115 Å². The molecule has 3 nitrogen and oxygen atoms in total. The molecule has 7 aromatic carbocycles. The SMILES string of the molecule is CC(C)(C)c1ccc(N2c3ccc(C(C)(C)C)cc3B3c4sc5cc(C(C)(C)C)ccc5c4N(c4ccc5c(c4)C(C)(C)CCC5(C)C)c4c3c2c2c3cccc5c6cccc7c4c2n(c53)c67)cc1. The van der Waals surface area contributed by atoms with Crippen molar-refractivity contribution in [3.8, 4) is 0 Å². The smallest absolute Gasteiger partial charge is 0.264 e. The van der Waals surface area contributed by atoms with Gasteiger partial charge >= 0.3 is 0 Å². The minimum Gasteiger partial charge on any atom is -0.311 e. The zero-order chi connectivity index (χ0) is 47.8. The number of fused-ring (bicyclic) bond motifs is 12. The molecule has 0 bridgehead atoms. The summed E-state index contributed by atoms with van der Waals surface area (Å²) in [7, 11) is 0. The molecule has 2 aliphatic heterocycles. The van der Waals surface area contributed by atoms with Crippen LogP contribution in [0, 0.1) is 0 Å². The molecule has 0 unspecified atom stereocenters. The van der Waals surface area contributed by atoms with Crippen molar-refractivity contribution in [2.45, 2.75) is 130 Å². The van der Waals surface area contributed by atoms with Gasteiger partial charge in [0.2, 0.25) is 0 Å². The highest BCUT2D eigenvalue weighted by atomic mass is 32.1. The van der Waals surface area contributed by atoms with Crippen LogP contribution in [0.2, 0.25) is 0 Å². The second-order valence-corrected chi connectivity index (χ2v) is 26.7. The second-order valence-electron chi connectivity index (χ2n) is 25.6. The molecule has 3 aliphatic rings. The zero-order valence-electron chi connectivity index (χ0n) is 42.7. The molecule has 0 atom stereocenters. The molecule has 14 rings (SSSR count). The fraction of sp³-hybridized carbons (Fsp3) is 0.312. The number of para-hydroxylation sites is 2. The molecule has 0 radical (unpaired) electrons. The minimum absolute atomic E-state index is 0.00218. The van der Waals surface area contributed by atoms with E-state index in [0.717, 1.165) is 0 Å². The third kappa shape index (κ3) is 5.36. The summed E-state index contributed by atoms with van der Waals surface area (Å²) in [6, 6.07) is 46.3. The summed E-state index contributed by atoms with van der Waals surface area (Å²) in [4.78, 5) is 5.48. The van der Waals surface area contributed by atoms with Crippen molar-refractivity contribution in [2.24, 2.45) is 0 Å². The standard InChI is InChI=1S/C64H62BN3S/c1-60(2,3)35-20-24-38(25-21-35)66-48-29-23-36(61(4,5)6)32-47(48)65-52-57(66)50-43-18-14-16-40-41-17-15-19-44-51(56(50)68(53(40)43)54(41)44)58(52)67(39-26-28-45-46(34-39)64(12,13)31-30-63(45,10)11)55-42-27-22-37(62(7,8)9)33-49(42)69-59(55)65/h14-29,32-34H,30-31H2,1-13H3. The lowest BCUT2D eigenvalue weighted by atomic mass is 9.35. The van der Waals surface area contributed by atoms with Gasteiger partial charge in [-0.1, -0.05) is 169 Å². The number of nitrogens with zero attached hydrogens (tertiary/aromatic N) is 3. The highest BCUT2D eigenvalue weighted by molar-refractivity contribution is 7.33. The Morgan fingerprint density at radius 2 is 1.01 bits per heavy atom. The minimum atomic E-state index is -0.0394. The fourth-order valence-corrected chi connectivity index (χ4v) is 14.8. The van der Waals surface area contributed by atoms with Gasteiger partial charge in [0.15, 0.2) is 0 Å². The molecular weight excluding hydrogens is 854 g/mol. The topological polar surface area (TPSA) is 10.9 Å². The first-order valence-corrected chi connectivity index (χ1v) is 26.3. The van der Waals surface area contributed by atoms with Crippen LogP contribution in [0.4, 0.5) is 34.1 Å². The van der Waals surface area contributed by atoms with E-state index in [-0.39, 0.29) is 33.8 Å². The number of thiophene rings is 1. The van der Waals surface area contributed by atoms with Gasteiger partial charge in [0.25, 0.3) is 6.71 Å². The lowest BCUT2D eigenvalue weighted by molar-refractivity contribution is 0.332. The third-order valence-corrected chi connectivity index (χ3v) is 18.5. The first kappa shape index (κ1) is 41.9. The van der Waals surface area contributed by atoms with Crippen molar-refractivity contribution in [3.05, 3.63) is 143 Å². The number of benzene rings is 7. The maximum atomic E-state index is 2.79. The third-order valence-electron chi connectivity index (χ3n) is 17.3. The number of hydrogen-bond acceptors (Lipinski definition) is 3. The van der Waals surface area contributed by atoms with E-state index in [2.05, 4.69) is 219 Å². The van der Waals surface area contributed by atoms with Crippen LogP contribution < -0.4 is 25.5 Å². The maximum absolute atomic E-state index is 2.79. The van der Waals surface area contributed by atoms with Gasteiger partial charge in [-0.3, -0.25) is 0 Å². The van der Waals surface area contributed by atoms with Crippen LogP contribution in [-0.4, -0.2) is 11.1 Å². The molecule has 6 heterocycles. The Kier molecular flexibility index (Phi) is 7.91. The molecular formula is C64H62BN3S. The van der Waals surface area contributed by atoms with Crippen molar-refractivity contribution in [2.75, 3.05) is 9.80 Å². The molecule has 5 heteroatoms. The molecule has 0 saturated carbocycles.